The molecule has 0 spiro atoms. The van der Waals surface area contributed by atoms with Crippen molar-refractivity contribution in [1.29, 1.82) is 0 Å². The Labute approximate surface area is 199 Å². The van der Waals surface area contributed by atoms with E-state index in [1.165, 1.54) is 18.7 Å². The number of fused-ring (bicyclic) bond motifs is 2. The number of nitrogens with zero attached hydrogens (tertiary/aromatic N) is 2. The van der Waals surface area contributed by atoms with Crippen LogP contribution in [0.15, 0.2) is 15.6 Å². The number of hydrogen-bond acceptors (Lipinski definition) is 6. The first-order valence-electron chi connectivity index (χ1n) is 10.6. The van der Waals surface area contributed by atoms with E-state index in [9.17, 15) is 9.59 Å². The number of aromatic nitrogens is 1. The monoisotopic (exact) mass is 523 g/mol. The third kappa shape index (κ3) is 3.87. The molecule has 2 bridgehead atoms. The molecule has 2 aromatic rings. The van der Waals surface area contributed by atoms with Crippen molar-refractivity contribution in [3.63, 3.8) is 0 Å². The van der Waals surface area contributed by atoms with Crippen LogP contribution in [-0.4, -0.2) is 52.2 Å². The summed E-state index contributed by atoms with van der Waals surface area (Å²) < 4.78 is 21.0. The second-order valence-corrected chi connectivity index (χ2v) is 11.1. The van der Waals surface area contributed by atoms with E-state index in [2.05, 4.69) is 26.2 Å². The second-order valence-electron chi connectivity index (χ2n) is 9.51. The summed E-state index contributed by atoms with van der Waals surface area (Å²) in [5.41, 5.74) is 1.42. The molecule has 172 valence electrons. The molecule has 3 heterocycles. The van der Waals surface area contributed by atoms with E-state index in [1.54, 1.807) is 4.90 Å². The van der Waals surface area contributed by atoms with Gasteiger partial charge >= 0.3 is 6.09 Å². The molecule has 3 aliphatic rings. The van der Waals surface area contributed by atoms with Gasteiger partial charge < -0.3 is 15.0 Å². The number of nitrogens with one attached hydrogen (secondary N) is 1. The molecule has 1 aromatic heterocycles. The van der Waals surface area contributed by atoms with Gasteiger partial charge in [-0.3, -0.25) is 4.79 Å². The van der Waals surface area contributed by atoms with Gasteiger partial charge in [-0.25, -0.2) is 14.2 Å². The first-order valence-corrected chi connectivity index (χ1v) is 12.6. The number of ether oxygens (including phenoxy) is 1. The van der Waals surface area contributed by atoms with Gasteiger partial charge in [-0.1, -0.05) is 0 Å². The molecule has 3 fully saturated rings. The summed E-state index contributed by atoms with van der Waals surface area (Å²) in [5.74, 6) is -0.335. The van der Waals surface area contributed by atoms with Crippen molar-refractivity contribution in [2.24, 2.45) is 5.92 Å². The maximum Gasteiger partial charge on any atom is 0.410 e. The molecule has 2 aliphatic heterocycles. The van der Waals surface area contributed by atoms with Crippen LogP contribution >= 0.6 is 27.7 Å². The highest BCUT2D eigenvalue weighted by Gasteiger charge is 2.55. The zero-order chi connectivity index (χ0) is 23.5. The summed E-state index contributed by atoms with van der Waals surface area (Å²) >= 11 is 4.62. The summed E-state index contributed by atoms with van der Waals surface area (Å²) in [6.45, 7) is 9.46. The molecule has 1 aromatic carbocycles. The number of thioether (sulfide) groups is 1. The lowest BCUT2D eigenvalue weighted by Gasteiger charge is -2.38. The minimum atomic E-state index is -0.564. The van der Waals surface area contributed by atoms with Gasteiger partial charge in [0.15, 0.2) is 11.6 Å². The number of anilines is 1. The fourth-order valence-corrected chi connectivity index (χ4v) is 5.53. The molecule has 1 N–H and O–H groups in total. The largest absolute Gasteiger partial charge is 0.444 e. The van der Waals surface area contributed by atoms with Crippen LogP contribution in [0.5, 0.6) is 0 Å². The predicted octanol–water partition coefficient (Wildman–Crippen LogP) is 5.79. The van der Waals surface area contributed by atoms with Crippen LogP contribution in [0.4, 0.5) is 14.9 Å². The minimum Gasteiger partial charge on any atom is -0.444 e. The van der Waals surface area contributed by atoms with Gasteiger partial charge in [0.1, 0.15) is 16.1 Å². The van der Waals surface area contributed by atoms with Gasteiger partial charge in [0, 0.05) is 17.8 Å². The van der Waals surface area contributed by atoms with Crippen molar-refractivity contribution < 1.29 is 18.7 Å². The highest BCUT2D eigenvalue weighted by atomic mass is 79.9. The van der Waals surface area contributed by atoms with E-state index >= 15 is 4.39 Å². The maximum absolute atomic E-state index is 15.1. The normalized spacial score (nSPS) is 22.1. The molecule has 9 heteroatoms. The molecule has 0 radical (unpaired) electrons. The van der Waals surface area contributed by atoms with E-state index in [0.29, 0.717) is 32.7 Å². The summed E-state index contributed by atoms with van der Waals surface area (Å²) in [4.78, 5) is 31.5. The topological polar surface area (TPSA) is 71.5 Å². The molecular formula is C23H27BrFN3O3S. The van der Waals surface area contributed by atoms with Crippen LogP contribution in [-0.2, 0) is 4.74 Å². The van der Waals surface area contributed by atoms with Crippen molar-refractivity contribution in [1.82, 2.24) is 9.88 Å². The molecule has 1 aliphatic carbocycles. The highest BCUT2D eigenvalue weighted by molar-refractivity contribution is 9.10. The molecule has 6 nitrogen and oxygen atoms in total. The average molecular weight is 524 g/mol. The van der Waals surface area contributed by atoms with Gasteiger partial charge in [0.05, 0.1) is 27.8 Å². The van der Waals surface area contributed by atoms with E-state index in [-0.39, 0.29) is 35.4 Å². The molecule has 1 saturated carbocycles. The van der Waals surface area contributed by atoms with Crippen LogP contribution in [0.25, 0.3) is 10.9 Å². The number of carbonyl (C=O) groups is 2. The van der Waals surface area contributed by atoms with Crippen LogP contribution in [0.3, 0.4) is 0 Å². The Morgan fingerprint density at radius 2 is 2.06 bits per heavy atom. The fraction of sp³-hybridized carbons (Fsp3) is 0.522. The second kappa shape index (κ2) is 8.17. The van der Waals surface area contributed by atoms with Gasteiger partial charge in [-0.2, -0.15) is 0 Å². The number of rotatable bonds is 4. The van der Waals surface area contributed by atoms with E-state index in [1.807, 2.05) is 40.0 Å². The Morgan fingerprint density at radius 1 is 1.38 bits per heavy atom. The van der Waals surface area contributed by atoms with Gasteiger partial charge in [0.25, 0.3) is 0 Å². The number of amides is 1. The molecule has 3 atom stereocenters. The third-order valence-corrected chi connectivity index (χ3v) is 7.75. The minimum absolute atomic E-state index is 0.0306. The van der Waals surface area contributed by atoms with Crippen molar-refractivity contribution >= 4 is 56.2 Å². The lowest BCUT2D eigenvalue weighted by atomic mass is 9.79. The summed E-state index contributed by atoms with van der Waals surface area (Å²) in [5, 5.41) is 4.58. The van der Waals surface area contributed by atoms with Gasteiger partial charge in [0.2, 0.25) is 0 Å². The Morgan fingerprint density at radius 3 is 2.66 bits per heavy atom. The van der Waals surface area contributed by atoms with Crippen molar-refractivity contribution in [2.45, 2.75) is 63.8 Å². The fourth-order valence-electron chi connectivity index (χ4n) is 4.60. The predicted molar refractivity (Wildman–Crippen MR) is 128 cm³/mol. The standard InChI is InChI=1S/C23H27BrFN3O3S/c1-10-7-13-19(15(11(2)29)21(32-6)27-20(13)17(25)16(10)24)26-18-12-8-14(18)28(9-12)22(30)31-23(3,4)5/h7,12,14,18H,8-9H2,1-6H3,(H,26,27)/t12-,14-,18+/m1/s1. The number of carbonyl (C=O) groups excluding carboxylic acids is 2. The quantitative estimate of drug-likeness (QED) is 0.404. The number of ketones is 1. The smallest absolute Gasteiger partial charge is 0.410 e. The molecular weight excluding hydrogens is 497 g/mol. The van der Waals surface area contributed by atoms with Crippen molar-refractivity contribution in [3.05, 3.63) is 27.5 Å². The molecule has 1 amide bonds. The number of aryl methyl sites for hydroxylation is 1. The zero-order valence-corrected chi connectivity index (χ0v) is 21.4. The zero-order valence-electron chi connectivity index (χ0n) is 19.0. The van der Waals surface area contributed by atoms with E-state index in [0.717, 1.165) is 12.0 Å². The Hall–Kier alpha value is -1.87. The van der Waals surface area contributed by atoms with E-state index in [4.69, 9.17) is 4.74 Å². The number of hydrogen-bond donors (Lipinski definition) is 1. The number of benzene rings is 1. The first kappa shape index (κ1) is 23.3. The first-order chi connectivity index (χ1) is 14.9. The average Bonchev–Trinajstić information content (AvgIpc) is 3.28. The van der Waals surface area contributed by atoms with Crippen molar-refractivity contribution in [3.8, 4) is 0 Å². The Bertz CT molecular complexity index is 1130. The van der Waals surface area contributed by atoms with Crippen LogP contribution in [0.2, 0.25) is 0 Å². The lowest BCUT2D eigenvalue weighted by molar-refractivity contribution is 0.0239. The van der Waals surface area contributed by atoms with Crippen LogP contribution in [0.1, 0.15) is 50.0 Å². The summed E-state index contributed by atoms with van der Waals surface area (Å²) in [6, 6.07) is 1.78. The molecule has 0 unspecified atom stereocenters. The molecule has 5 rings (SSSR count). The van der Waals surface area contributed by atoms with Gasteiger partial charge in [-0.05, 0) is 74.9 Å². The number of halogens is 2. The van der Waals surface area contributed by atoms with Crippen LogP contribution < -0.4 is 5.32 Å². The highest BCUT2D eigenvalue weighted by Crippen LogP contribution is 2.46. The number of pyridine rings is 1. The Kier molecular flexibility index (Phi) is 5.94. The number of Topliss-reactive ketones (excluding diaryl/α,β-unsaturated/α-hetero) is 1. The van der Waals surface area contributed by atoms with Crippen LogP contribution in [0, 0.1) is 18.7 Å². The Balaban J connectivity index is 1.76. The van der Waals surface area contributed by atoms with Gasteiger partial charge in [-0.15, -0.1) is 11.8 Å². The SMILES string of the molecule is CSc1nc2c(F)c(Br)c(C)cc2c(N[C@H]2[C@@H]3C[C@H]2N(C(=O)OC(C)(C)C)C3)c1C(C)=O. The summed E-state index contributed by atoms with van der Waals surface area (Å²) in [6.07, 6.45) is 2.38. The third-order valence-electron chi connectivity index (χ3n) is 6.09. The van der Waals surface area contributed by atoms with Crippen molar-refractivity contribution in [2.75, 3.05) is 18.1 Å². The lowest BCUT2D eigenvalue weighted by Crippen LogP contribution is -2.50. The maximum atomic E-state index is 15.1. The van der Waals surface area contributed by atoms with E-state index < -0.39 is 11.4 Å². The molecule has 2 saturated heterocycles. The summed E-state index contributed by atoms with van der Waals surface area (Å²) in [7, 11) is 0. The molecule has 32 heavy (non-hydrogen) atoms.